The zero-order valence-corrected chi connectivity index (χ0v) is 12.8. The Morgan fingerprint density at radius 2 is 2.05 bits per heavy atom. The lowest BCUT2D eigenvalue weighted by molar-refractivity contribution is 0.0690. The van der Waals surface area contributed by atoms with Crippen molar-refractivity contribution < 1.29 is 18.3 Å². The van der Waals surface area contributed by atoms with Crippen LogP contribution >= 0.6 is 0 Å². The van der Waals surface area contributed by atoms with E-state index >= 15 is 0 Å². The summed E-state index contributed by atoms with van der Waals surface area (Å²) in [6.45, 7) is 3.92. The lowest BCUT2D eigenvalue weighted by Crippen LogP contribution is -2.27. The van der Waals surface area contributed by atoms with Crippen LogP contribution in [0.5, 0.6) is 0 Å². The predicted molar refractivity (Wildman–Crippen MR) is 76.1 cm³/mol. The molecule has 7 nitrogen and oxygen atoms in total. The van der Waals surface area contributed by atoms with Gasteiger partial charge in [0.2, 0.25) is 0 Å². The molecule has 112 valence electrons. The zero-order valence-electron chi connectivity index (χ0n) is 12.0. The average molecular weight is 301 g/mol. The molecule has 0 fully saturated rings. The molecule has 0 aliphatic carbocycles. The lowest BCUT2D eigenvalue weighted by Gasteiger charge is -2.20. The third-order valence-electron chi connectivity index (χ3n) is 2.72. The van der Waals surface area contributed by atoms with E-state index in [2.05, 4.69) is 9.97 Å². The van der Waals surface area contributed by atoms with Gasteiger partial charge in [-0.15, -0.1) is 0 Å². The summed E-state index contributed by atoms with van der Waals surface area (Å²) in [6.07, 6.45) is 2.56. The minimum Gasteiger partial charge on any atom is -0.476 e. The van der Waals surface area contributed by atoms with Gasteiger partial charge in [0.15, 0.2) is 5.69 Å². The molecular formula is C12H19N3O4S. The molecule has 0 aliphatic rings. The second-order valence-corrected chi connectivity index (χ2v) is 7.23. The molecule has 0 atom stereocenters. The number of rotatable bonds is 6. The minimum absolute atomic E-state index is 0.0171. The molecule has 8 heteroatoms. The van der Waals surface area contributed by atoms with Crippen molar-refractivity contribution >= 4 is 21.5 Å². The van der Waals surface area contributed by atoms with Gasteiger partial charge in [-0.25, -0.2) is 23.2 Å². The highest BCUT2D eigenvalue weighted by atomic mass is 32.2. The summed E-state index contributed by atoms with van der Waals surface area (Å²) >= 11 is 0. The van der Waals surface area contributed by atoms with Gasteiger partial charge in [-0.1, -0.05) is 13.8 Å². The number of aromatic carboxylic acids is 1. The van der Waals surface area contributed by atoms with E-state index < -0.39 is 15.8 Å². The van der Waals surface area contributed by atoms with Crippen molar-refractivity contribution in [1.82, 2.24) is 9.97 Å². The Morgan fingerprint density at radius 1 is 1.45 bits per heavy atom. The second-order valence-electron chi connectivity index (χ2n) is 4.97. The van der Waals surface area contributed by atoms with E-state index in [9.17, 15) is 18.3 Å². The van der Waals surface area contributed by atoms with Gasteiger partial charge < -0.3 is 10.0 Å². The van der Waals surface area contributed by atoms with Crippen LogP contribution in [0.15, 0.2) is 6.20 Å². The van der Waals surface area contributed by atoms with Crippen molar-refractivity contribution in [2.24, 2.45) is 0 Å². The summed E-state index contributed by atoms with van der Waals surface area (Å²) < 4.78 is 22.3. The van der Waals surface area contributed by atoms with E-state index in [4.69, 9.17) is 0 Å². The van der Waals surface area contributed by atoms with E-state index in [1.807, 2.05) is 13.8 Å². The highest BCUT2D eigenvalue weighted by Crippen LogP contribution is 2.19. The fourth-order valence-corrected chi connectivity index (χ4v) is 2.13. The summed E-state index contributed by atoms with van der Waals surface area (Å²) in [4.78, 5) is 21.0. The Labute approximate surface area is 118 Å². The average Bonchev–Trinajstić information content (AvgIpc) is 2.34. The highest BCUT2D eigenvalue weighted by Gasteiger charge is 2.19. The summed E-state index contributed by atoms with van der Waals surface area (Å²) in [5.41, 5.74) is 0.199. The number of hydrogen-bond donors (Lipinski definition) is 1. The van der Waals surface area contributed by atoms with Crippen molar-refractivity contribution in [2.75, 3.05) is 30.5 Å². The number of sulfone groups is 1. The molecule has 0 aliphatic heterocycles. The van der Waals surface area contributed by atoms with Crippen LogP contribution in [0.1, 0.15) is 36.1 Å². The number of hydrogen-bond acceptors (Lipinski definition) is 6. The molecule has 1 N–H and O–H groups in total. The number of carboxylic acid groups (broad SMARTS) is 1. The molecule has 0 bridgehead atoms. The Hall–Kier alpha value is -1.70. The first-order chi connectivity index (χ1) is 9.11. The molecule has 1 rings (SSSR count). The SMILES string of the molecule is CC(C)c1ncc(N(C)CCS(C)(=O)=O)c(C(=O)O)n1. The van der Waals surface area contributed by atoms with Gasteiger partial charge in [-0.05, 0) is 0 Å². The Balaban J connectivity index is 3.07. The van der Waals surface area contributed by atoms with Gasteiger partial charge in [0.05, 0.1) is 17.6 Å². The number of aromatic nitrogens is 2. The van der Waals surface area contributed by atoms with Crippen LogP contribution in [-0.4, -0.2) is 55.1 Å². The summed E-state index contributed by atoms with van der Waals surface area (Å²) in [5, 5.41) is 9.21. The molecule has 20 heavy (non-hydrogen) atoms. The number of nitrogens with zero attached hydrogens (tertiary/aromatic N) is 3. The predicted octanol–water partition coefficient (Wildman–Crippen LogP) is 0.779. The van der Waals surface area contributed by atoms with E-state index in [0.29, 0.717) is 11.5 Å². The van der Waals surface area contributed by atoms with Gasteiger partial charge >= 0.3 is 5.97 Å². The van der Waals surface area contributed by atoms with E-state index in [1.54, 1.807) is 7.05 Å². The molecule has 1 aromatic rings. The first-order valence-corrected chi connectivity index (χ1v) is 8.17. The van der Waals surface area contributed by atoms with Crippen LogP contribution in [0.2, 0.25) is 0 Å². The van der Waals surface area contributed by atoms with Crippen molar-refractivity contribution in [2.45, 2.75) is 19.8 Å². The quantitative estimate of drug-likeness (QED) is 0.828. The van der Waals surface area contributed by atoms with Crippen molar-refractivity contribution in [1.29, 1.82) is 0 Å². The second kappa shape index (κ2) is 6.17. The third kappa shape index (κ3) is 4.44. The topological polar surface area (TPSA) is 100 Å². The van der Waals surface area contributed by atoms with Crippen LogP contribution in [0.4, 0.5) is 5.69 Å². The van der Waals surface area contributed by atoms with Gasteiger partial charge in [0.25, 0.3) is 0 Å². The molecule has 0 radical (unpaired) electrons. The normalized spacial score (nSPS) is 11.7. The van der Waals surface area contributed by atoms with E-state index in [-0.39, 0.29) is 23.9 Å². The van der Waals surface area contributed by atoms with Crippen LogP contribution in [-0.2, 0) is 9.84 Å². The molecule has 0 aromatic carbocycles. The molecule has 0 amide bonds. The first-order valence-electron chi connectivity index (χ1n) is 6.11. The van der Waals surface area contributed by atoms with Crippen molar-refractivity contribution in [3.8, 4) is 0 Å². The van der Waals surface area contributed by atoms with Crippen LogP contribution in [0.3, 0.4) is 0 Å². The molecule has 1 aromatic heterocycles. The van der Waals surface area contributed by atoms with Gasteiger partial charge in [0.1, 0.15) is 15.7 Å². The number of carboxylic acids is 1. The van der Waals surface area contributed by atoms with Crippen molar-refractivity contribution in [3.63, 3.8) is 0 Å². The standard InChI is InChI=1S/C12H19N3O4S/c1-8(2)11-13-7-9(10(14-11)12(16)17)15(3)5-6-20(4,18)19/h7-8H,5-6H2,1-4H3,(H,16,17). The maximum absolute atomic E-state index is 11.3. The fraction of sp³-hybridized carbons (Fsp3) is 0.583. The summed E-state index contributed by atoms with van der Waals surface area (Å²) in [6, 6.07) is 0. The van der Waals surface area contributed by atoms with Gasteiger partial charge in [-0.3, -0.25) is 0 Å². The number of carbonyl (C=O) groups is 1. The van der Waals surface area contributed by atoms with Gasteiger partial charge in [-0.2, -0.15) is 0 Å². The van der Waals surface area contributed by atoms with E-state index in [1.165, 1.54) is 11.1 Å². The van der Waals surface area contributed by atoms with Crippen LogP contribution < -0.4 is 4.90 Å². The van der Waals surface area contributed by atoms with Gasteiger partial charge in [0, 0.05) is 25.8 Å². The summed E-state index contributed by atoms with van der Waals surface area (Å²) in [5.74, 6) is -0.754. The minimum atomic E-state index is -3.11. The first kappa shape index (κ1) is 16.4. The molecule has 0 unspecified atom stereocenters. The maximum atomic E-state index is 11.3. The molecule has 0 spiro atoms. The Kier molecular flexibility index (Phi) is 5.04. The molecular weight excluding hydrogens is 282 g/mol. The molecule has 0 saturated carbocycles. The van der Waals surface area contributed by atoms with E-state index in [0.717, 1.165) is 6.26 Å². The smallest absolute Gasteiger partial charge is 0.356 e. The molecule has 1 heterocycles. The lowest BCUT2D eigenvalue weighted by atomic mass is 10.2. The highest BCUT2D eigenvalue weighted by molar-refractivity contribution is 7.90. The zero-order chi connectivity index (χ0) is 15.5. The Bertz CT molecular complexity index is 599. The van der Waals surface area contributed by atoms with Crippen LogP contribution in [0.25, 0.3) is 0 Å². The molecule has 0 saturated heterocycles. The maximum Gasteiger partial charge on any atom is 0.356 e. The number of anilines is 1. The Morgan fingerprint density at radius 3 is 2.50 bits per heavy atom. The fourth-order valence-electron chi connectivity index (χ4n) is 1.53. The summed E-state index contributed by atoms with van der Waals surface area (Å²) in [7, 11) is -1.50. The van der Waals surface area contributed by atoms with Crippen molar-refractivity contribution in [3.05, 3.63) is 17.7 Å². The third-order valence-corrected chi connectivity index (χ3v) is 3.64. The van der Waals surface area contributed by atoms with Crippen LogP contribution in [0, 0.1) is 0 Å². The monoisotopic (exact) mass is 301 g/mol. The largest absolute Gasteiger partial charge is 0.476 e.